The predicted molar refractivity (Wildman–Crippen MR) is 83.1 cm³/mol. The van der Waals surface area contributed by atoms with Gasteiger partial charge in [0.05, 0.1) is 25.4 Å². The summed E-state index contributed by atoms with van der Waals surface area (Å²) in [5.41, 5.74) is 7.73. The molecule has 0 amide bonds. The van der Waals surface area contributed by atoms with E-state index in [1.807, 2.05) is 0 Å². The first-order chi connectivity index (χ1) is 9.58. The summed E-state index contributed by atoms with van der Waals surface area (Å²) in [6, 6.07) is 2.80. The second-order valence-electron chi connectivity index (χ2n) is 5.67. The highest BCUT2D eigenvalue weighted by molar-refractivity contribution is 7.10. The van der Waals surface area contributed by atoms with Crippen molar-refractivity contribution in [2.24, 2.45) is 5.73 Å². The lowest BCUT2D eigenvalue weighted by Crippen LogP contribution is -2.54. The molecule has 1 aromatic heterocycles. The molecule has 1 aliphatic heterocycles. The van der Waals surface area contributed by atoms with E-state index < -0.39 is 0 Å². The van der Waals surface area contributed by atoms with Crippen LogP contribution in [0.1, 0.15) is 36.8 Å². The molecule has 4 atom stereocenters. The molecule has 0 radical (unpaired) electrons. The first-order valence-corrected chi connectivity index (χ1v) is 8.24. The van der Waals surface area contributed by atoms with E-state index in [9.17, 15) is 5.11 Å². The molecule has 1 fully saturated rings. The Bertz CT molecular complexity index is 424. The molecule has 0 aliphatic carbocycles. The van der Waals surface area contributed by atoms with Gasteiger partial charge in [0.1, 0.15) is 0 Å². The second kappa shape index (κ2) is 7.00. The van der Waals surface area contributed by atoms with Gasteiger partial charge in [-0.05, 0) is 37.3 Å². The summed E-state index contributed by atoms with van der Waals surface area (Å²) < 4.78 is 5.65. The Hall–Kier alpha value is -0.460. The van der Waals surface area contributed by atoms with Crippen LogP contribution in [0.15, 0.2) is 11.4 Å². The number of morpholine rings is 1. The summed E-state index contributed by atoms with van der Waals surface area (Å²) in [5.74, 6) is 0. The highest BCUT2D eigenvalue weighted by Crippen LogP contribution is 2.34. The summed E-state index contributed by atoms with van der Waals surface area (Å²) in [7, 11) is 0. The van der Waals surface area contributed by atoms with Gasteiger partial charge in [-0.25, -0.2) is 0 Å². The van der Waals surface area contributed by atoms with Gasteiger partial charge in [-0.3, -0.25) is 4.90 Å². The summed E-state index contributed by atoms with van der Waals surface area (Å²) in [6.45, 7) is 7.92. The van der Waals surface area contributed by atoms with Crippen molar-refractivity contribution in [3.63, 3.8) is 0 Å². The zero-order valence-electron chi connectivity index (χ0n) is 12.6. The summed E-state index contributed by atoms with van der Waals surface area (Å²) in [6.07, 6.45) is 0.841. The van der Waals surface area contributed by atoms with Gasteiger partial charge in [-0.2, -0.15) is 0 Å². The lowest BCUT2D eigenvalue weighted by Gasteiger charge is -2.44. The fraction of sp³-hybridized carbons (Fsp3) is 0.733. The quantitative estimate of drug-likeness (QED) is 0.872. The van der Waals surface area contributed by atoms with Crippen LogP contribution in [0.5, 0.6) is 0 Å². The number of thiophene rings is 1. The lowest BCUT2D eigenvalue weighted by molar-refractivity contribution is -0.0944. The zero-order chi connectivity index (χ0) is 14.7. The summed E-state index contributed by atoms with van der Waals surface area (Å²) in [4.78, 5) is 3.77. The molecule has 5 heteroatoms. The molecular formula is C15H26N2O2S. The van der Waals surface area contributed by atoms with Crippen molar-refractivity contribution in [3.8, 4) is 0 Å². The third-order valence-electron chi connectivity index (χ3n) is 4.16. The van der Waals surface area contributed by atoms with Crippen molar-refractivity contribution in [1.29, 1.82) is 0 Å². The Morgan fingerprint density at radius 1 is 1.60 bits per heavy atom. The maximum absolute atomic E-state index is 9.38. The van der Waals surface area contributed by atoms with Gasteiger partial charge in [0.2, 0.25) is 0 Å². The van der Waals surface area contributed by atoms with Crippen LogP contribution >= 0.6 is 11.3 Å². The van der Waals surface area contributed by atoms with Gasteiger partial charge in [0.25, 0.3) is 0 Å². The van der Waals surface area contributed by atoms with E-state index in [2.05, 4.69) is 37.1 Å². The van der Waals surface area contributed by atoms with E-state index in [0.29, 0.717) is 12.6 Å². The Labute approximate surface area is 125 Å². The number of nitrogens with zero attached hydrogens (tertiary/aromatic N) is 1. The van der Waals surface area contributed by atoms with E-state index in [0.717, 1.165) is 13.0 Å². The number of ether oxygens (including phenoxy) is 1. The topological polar surface area (TPSA) is 58.7 Å². The minimum Gasteiger partial charge on any atom is -0.394 e. The largest absolute Gasteiger partial charge is 0.394 e. The molecule has 1 aromatic rings. The predicted octanol–water partition coefficient (Wildman–Crippen LogP) is 1.92. The molecule has 20 heavy (non-hydrogen) atoms. The molecule has 0 saturated carbocycles. The van der Waals surface area contributed by atoms with Crippen LogP contribution in [0.2, 0.25) is 0 Å². The Balaban J connectivity index is 2.28. The standard InChI is InChI=1S/C15H26N2O2S/c1-4-13(16)14(15-10(2)5-6-20-15)17-7-12(8-18)19-9-11(17)3/h5-6,11-14,18H,4,7-9,16H2,1-3H3. The highest BCUT2D eigenvalue weighted by Gasteiger charge is 2.35. The van der Waals surface area contributed by atoms with E-state index in [4.69, 9.17) is 10.5 Å². The smallest absolute Gasteiger partial charge is 0.0933 e. The fourth-order valence-electron chi connectivity index (χ4n) is 2.84. The first kappa shape index (κ1) is 15.9. The molecule has 2 heterocycles. The number of nitrogens with two attached hydrogens (primary N) is 1. The van der Waals surface area contributed by atoms with Crippen molar-refractivity contribution in [2.75, 3.05) is 19.8 Å². The number of hydrogen-bond acceptors (Lipinski definition) is 5. The van der Waals surface area contributed by atoms with Crippen LogP contribution in [0.25, 0.3) is 0 Å². The van der Waals surface area contributed by atoms with Crippen LogP contribution in [0, 0.1) is 6.92 Å². The first-order valence-electron chi connectivity index (χ1n) is 7.36. The number of aliphatic hydroxyl groups is 1. The van der Waals surface area contributed by atoms with Crippen molar-refractivity contribution < 1.29 is 9.84 Å². The monoisotopic (exact) mass is 298 g/mol. The van der Waals surface area contributed by atoms with Crippen molar-refractivity contribution in [1.82, 2.24) is 4.90 Å². The van der Waals surface area contributed by atoms with Crippen LogP contribution in [0.4, 0.5) is 0 Å². The molecule has 114 valence electrons. The average Bonchev–Trinajstić information content (AvgIpc) is 2.87. The molecule has 3 N–H and O–H groups in total. The number of aliphatic hydroxyl groups excluding tert-OH is 1. The maximum Gasteiger partial charge on any atom is 0.0933 e. The minimum atomic E-state index is -0.0991. The summed E-state index contributed by atoms with van der Waals surface area (Å²) in [5, 5.41) is 11.5. The molecule has 0 spiro atoms. The number of hydrogen-bond donors (Lipinski definition) is 2. The minimum absolute atomic E-state index is 0.0702. The maximum atomic E-state index is 9.38. The van der Waals surface area contributed by atoms with Gasteiger partial charge < -0.3 is 15.6 Å². The zero-order valence-corrected chi connectivity index (χ0v) is 13.4. The van der Waals surface area contributed by atoms with E-state index in [1.54, 1.807) is 11.3 Å². The van der Waals surface area contributed by atoms with E-state index in [-0.39, 0.29) is 24.8 Å². The third kappa shape index (κ3) is 3.23. The van der Waals surface area contributed by atoms with Crippen LogP contribution in [-0.2, 0) is 4.74 Å². The van der Waals surface area contributed by atoms with Gasteiger partial charge in [0, 0.05) is 23.5 Å². The van der Waals surface area contributed by atoms with Crippen molar-refractivity contribution in [3.05, 3.63) is 21.9 Å². The van der Waals surface area contributed by atoms with Gasteiger partial charge in [-0.15, -0.1) is 11.3 Å². The molecule has 4 unspecified atom stereocenters. The van der Waals surface area contributed by atoms with Crippen molar-refractivity contribution >= 4 is 11.3 Å². The van der Waals surface area contributed by atoms with Crippen molar-refractivity contribution in [2.45, 2.75) is 51.4 Å². The third-order valence-corrected chi connectivity index (χ3v) is 5.25. The van der Waals surface area contributed by atoms with Crippen LogP contribution in [-0.4, -0.2) is 48.0 Å². The molecule has 1 aliphatic rings. The van der Waals surface area contributed by atoms with E-state index >= 15 is 0 Å². The van der Waals surface area contributed by atoms with Gasteiger partial charge in [0.15, 0.2) is 0 Å². The Morgan fingerprint density at radius 2 is 2.35 bits per heavy atom. The lowest BCUT2D eigenvalue weighted by atomic mass is 9.98. The second-order valence-corrected chi connectivity index (χ2v) is 6.62. The summed E-state index contributed by atoms with van der Waals surface area (Å²) >= 11 is 1.78. The SMILES string of the molecule is CCC(N)C(c1sccc1C)N1CC(CO)OCC1C. The van der Waals surface area contributed by atoms with Crippen LogP contribution in [0.3, 0.4) is 0 Å². The van der Waals surface area contributed by atoms with E-state index in [1.165, 1.54) is 10.4 Å². The highest BCUT2D eigenvalue weighted by atomic mass is 32.1. The molecule has 4 nitrogen and oxygen atoms in total. The van der Waals surface area contributed by atoms with Gasteiger partial charge in [-0.1, -0.05) is 6.92 Å². The number of aryl methyl sites for hydroxylation is 1. The van der Waals surface area contributed by atoms with Gasteiger partial charge >= 0.3 is 0 Å². The molecule has 0 aromatic carbocycles. The molecular weight excluding hydrogens is 272 g/mol. The molecule has 2 rings (SSSR count). The fourth-order valence-corrected chi connectivity index (χ4v) is 3.96. The van der Waals surface area contributed by atoms with Crippen LogP contribution < -0.4 is 5.73 Å². The molecule has 0 bridgehead atoms. The molecule has 1 saturated heterocycles. The average molecular weight is 298 g/mol. The Morgan fingerprint density at radius 3 is 2.90 bits per heavy atom. The number of rotatable bonds is 5. The normalized spacial score (nSPS) is 27.4. The Kier molecular flexibility index (Phi) is 5.57.